The molecule has 148 valence electrons. The third-order valence-corrected chi connectivity index (χ3v) is 5.17. The Morgan fingerprint density at radius 1 is 0.900 bits per heavy atom. The van der Waals surface area contributed by atoms with Gasteiger partial charge < -0.3 is 14.8 Å². The summed E-state index contributed by atoms with van der Waals surface area (Å²) < 4.78 is 10.9. The molecule has 1 amide bonds. The van der Waals surface area contributed by atoms with Crippen LogP contribution in [0.1, 0.15) is 15.9 Å². The Morgan fingerprint density at radius 2 is 1.70 bits per heavy atom. The molecule has 4 aromatic rings. The fourth-order valence-corrected chi connectivity index (χ4v) is 3.63. The zero-order valence-electron chi connectivity index (χ0n) is 16.3. The number of nitrogens with one attached hydrogen (secondary N) is 1. The molecule has 0 fully saturated rings. The number of aromatic nitrogens is 1. The van der Waals surface area contributed by atoms with E-state index in [0.29, 0.717) is 17.9 Å². The van der Waals surface area contributed by atoms with E-state index >= 15 is 0 Å². The van der Waals surface area contributed by atoms with Crippen molar-refractivity contribution in [3.63, 3.8) is 0 Å². The standard InChI is InChI=1S/C25H20N2O3/c28-25(26-13-12-17-6-2-1-3-7-17)20-15-22(27-21-9-5-4-8-19(20)21)18-10-11-23-24(14-18)30-16-29-23/h1-11,14-15H,12-13,16H2,(H,26,28). The van der Waals surface area contributed by atoms with Crippen LogP contribution in [0, 0.1) is 0 Å². The van der Waals surface area contributed by atoms with Crippen LogP contribution in [-0.2, 0) is 6.42 Å². The van der Waals surface area contributed by atoms with Crippen LogP contribution < -0.4 is 14.8 Å². The van der Waals surface area contributed by atoms with Crippen LogP contribution in [0.4, 0.5) is 0 Å². The molecule has 5 nitrogen and oxygen atoms in total. The summed E-state index contributed by atoms with van der Waals surface area (Å²) in [5.74, 6) is 1.31. The average molecular weight is 396 g/mol. The van der Waals surface area contributed by atoms with Crippen molar-refractivity contribution in [3.8, 4) is 22.8 Å². The highest BCUT2D eigenvalue weighted by molar-refractivity contribution is 6.07. The van der Waals surface area contributed by atoms with Gasteiger partial charge in [-0.1, -0.05) is 48.5 Å². The van der Waals surface area contributed by atoms with Crippen LogP contribution in [0.5, 0.6) is 11.5 Å². The number of fused-ring (bicyclic) bond motifs is 2. The highest BCUT2D eigenvalue weighted by Gasteiger charge is 2.17. The maximum absolute atomic E-state index is 13.0. The smallest absolute Gasteiger partial charge is 0.252 e. The van der Waals surface area contributed by atoms with Gasteiger partial charge in [0, 0.05) is 17.5 Å². The van der Waals surface area contributed by atoms with Gasteiger partial charge in [0.15, 0.2) is 11.5 Å². The molecular weight excluding hydrogens is 376 g/mol. The SMILES string of the molecule is O=C(NCCc1ccccc1)c1cc(-c2ccc3c(c2)OCO3)nc2ccccc12. The molecule has 0 saturated carbocycles. The van der Waals surface area contributed by atoms with E-state index in [9.17, 15) is 4.79 Å². The van der Waals surface area contributed by atoms with Gasteiger partial charge >= 0.3 is 0 Å². The summed E-state index contributed by atoms with van der Waals surface area (Å²) in [6, 6.07) is 25.4. The lowest BCUT2D eigenvalue weighted by molar-refractivity contribution is 0.0955. The number of pyridine rings is 1. The summed E-state index contributed by atoms with van der Waals surface area (Å²) in [5, 5.41) is 3.88. The Labute approximate surface area is 174 Å². The molecule has 0 saturated heterocycles. The van der Waals surface area contributed by atoms with Crippen molar-refractivity contribution >= 4 is 16.8 Å². The highest BCUT2D eigenvalue weighted by atomic mass is 16.7. The first kappa shape index (κ1) is 18.2. The van der Waals surface area contributed by atoms with Crippen molar-refractivity contribution in [1.29, 1.82) is 0 Å². The number of rotatable bonds is 5. The fourth-order valence-electron chi connectivity index (χ4n) is 3.63. The molecule has 0 spiro atoms. The molecule has 2 heterocycles. The third-order valence-electron chi connectivity index (χ3n) is 5.17. The molecule has 5 rings (SSSR count). The molecule has 0 radical (unpaired) electrons. The van der Waals surface area contributed by atoms with Gasteiger partial charge in [-0.15, -0.1) is 0 Å². The second kappa shape index (κ2) is 7.87. The molecule has 5 heteroatoms. The number of hydrogen-bond donors (Lipinski definition) is 1. The Kier molecular flexibility index (Phi) is 4.77. The first-order valence-electron chi connectivity index (χ1n) is 9.90. The van der Waals surface area contributed by atoms with Gasteiger partial charge in [0.2, 0.25) is 6.79 Å². The number of para-hydroxylation sites is 1. The van der Waals surface area contributed by atoms with E-state index in [1.807, 2.05) is 66.7 Å². The minimum absolute atomic E-state index is 0.105. The summed E-state index contributed by atoms with van der Waals surface area (Å²) in [6.45, 7) is 0.790. The van der Waals surface area contributed by atoms with Gasteiger partial charge in [0.1, 0.15) is 0 Å². The second-order valence-electron chi connectivity index (χ2n) is 7.13. The second-order valence-corrected chi connectivity index (χ2v) is 7.13. The van der Waals surface area contributed by atoms with Gasteiger partial charge in [-0.2, -0.15) is 0 Å². The van der Waals surface area contributed by atoms with Crippen molar-refractivity contribution in [2.45, 2.75) is 6.42 Å². The van der Waals surface area contributed by atoms with Crippen LogP contribution in [0.2, 0.25) is 0 Å². The van der Waals surface area contributed by atoms with E-state index < -0.39 is 0 Å². The molecular formula is C25H20N2O3. The minimum Gasteiger partial charge on any atom is -0.454 e. The average Bonchev–Trinajstić information content (AvgIpc) is 3.27. The van der Waals surface area contributed by atoms with E-state index in [2.05, 4.69) is 17.4 Å². The van der Waals surface area contributed by atoms with Crippen molar-refractivity contribution < 1.29 is 14.3 Å². The van der Waals surface area contributed by atoms with Crippen LogP contribution in [0.3, 0.4) is 0 Å². The maximum Gasteiger partial charge on any atom is 0.252 e. The molecule has 0 unspecified atom stereocenters. The van der Waals surface area contributed by atoms with E-state index in [1.165, 1.54) is 5.56 Å². The van der Waals surface area contributed by atoms with E-state index in [-0.39, 0.29) is 12.7 Å². The zero-order valence-corrected chi connectivity index (χ0v) is 16.3. The van der Waals surface area contributed by atoms with E-state index in [4.69, 9.17) is 14.5 Å². The first-order valence-corrected chi connectivity index (χ1v) is 9.90. The number of carbonyl (C=O) groups is 1. The lowest BCUT2D eigenvalue weighted by Gasteiger charge is -2.11. The van der Waals surface area contributed by atoms with Crippen LogP contribution >= 0.6 is 0 Å². The maximum atomic E-state index is 13.0. The predicted molar refractivity (Wildman–Crippen MR) is 116 cm³/mol. The normalized spacial score (nSPS) is 12.1. The number of carbonyl (C=O) groups excluding carboxylic acids is 1. The van der Waals surface area contributed by atoms with Gasteiger partial charge in [0.25, 0.3) is 5.91 Å². The van der Waals surface area contributed by atoms with Crippen molar-refractivity contribution in [2.24, 2.45) is 0 Å². The van der Waals surface area contributed by atoms with Gasteiger partial charge in [0.05, 0.1) is 16.8 Å². The molecule has 30 heavy (non-hydrogen) atoms. The summed E-state index contributed by atoms with van der Waals surface area (Å²) in [4.78, 5) is 17.8. The summed E-state index contributed by atoms with van der Waals surface area (Å²) in [7, 11) is 0. The summed E-state index contributed by atoms with van der Waals surface area (Å²) in [5.41, 5.74) is 4.18. The Bertz CT molecular complexity index is 1220. The Hall–Kier alpha value is -3.86. The molecule has 3 aromatic carbocycles. The molecule has 1 N–H and O–H groups in total. The van der Waals surface area contributed by atoms with Gasteiger partial charge in [-0.25, -0.2) is 4.98 Å². The van der Waals surface area contributed by atoms with Crippen LogP contribution in [0.25, 0.3) is 22.2 Å². The number of hydrogen-bond acceptors (Lipinski definition) is 4. The molecule has 1 aromatic heterocycles. The Balaban J connectivity index is 1.45. The lowest BCUT2D eigenvalue weighted by atomic mass is 10.0. The monoisotopic (exact) mass is 396 g/mol. The molecule has 0 bridgehead atoms. The van der Waals surface area contributed by atoms with Gasteiger partial charge in [-0.05, 0) is 42.3 Å². The van der Waals surface area contributed by atoms with E-state index in [1.54, 1.807) is 0 Å². The van der Waals surface area contributed by atoms with E-state index in [0.717, 1.165) is 34.3 Å². The van der Waals surface area contributed by atoms with Crippen molar-refractivity contribution in [1.82, 2.24) is 10.3 Å². The first-order chi connectivity index (χ1) is 14.8. The highest BCUT2D eigenvalue weighted by Crippen LogP contribution is 2.36. The summed E-state index contributed by atoms with van der Waals surface area (Å²) >= 11 is 0. The van der Waals surface area contributed by atoms with Crippen LogP contribution in [0.15, 0.2) is 78.9 Å². The van der Waals surface area contributed by atoms with Crippen molar-refractivity contribution in [3.05, 3.63) is 90.0 Å². The molecule has 0 aliphatic carbocycles. The summed E-state index contributed by atoms with van der Waals surface area (Å²) in [6.07, 6.45) is 0.782. The number of amides is 1. The molecule has 0 atom stereocenters. The minimum atomic E-state index is -0.105. The largest absolute Gasteiger partial charge is 0.454 e. The number of benzene rings is 3. The van der Waals surface area contributed by atoms with Crippen molar-refractivity contribution in [2.75, 3.05) is 13.3 Å². The number of ether oxygens (including phenoxy) is 2. The Morgan fingerprint density at radius 3 is 2.60 bits per heavy atom. The quantitative estimate of drug-likeness (QED) is 0.535. The topological polar surface area (TPSA) is 60.5 Å². The molecule has 1 aliphatic rings. The predicted octanol–water partition coefficient (Wildman–Crippen LogP) is 4.60. The lowest BCUT2D eigenvalue weighted by Crippen LogP contribution is -2.26. The zero-order chi connectivity index (χ0) is 20.3. The number of nitrogens with zero attached hydrogens (tertiary/aromatic N) is 1. The van der Waals surface area contributed by atoms with Gasteiger partial charge in [-0.3, -0.25) is 4.79 Å². The fraction of sp³-hybridized carbons (Fsp3) is 0.120. The molecule has 1 aliphatic heterocycles. The third kappa shape index (κ3) is 3.57. The van der Waals surface area contributed by atoms with Crippen LogP contribution in [-0.4, -0.2) is 24.2 Å².